The highest BCUT2D eigenvalue weighted by Gasteiger charge is 2.30. The first-order valence-electron chi connectivity index (χ1n) is 18.0. The van der Waals surface area contributed by atoms with E-state index in [4.69, 9.17) is 4.74 Å². The van der Waals surface area contributed by atoms with Gasteiger partial charge in [-0.1, -0.05) is 111 Å². The van der Waals surface area contributed by atoms with Crippen LogP contribution >= 0.6 is 0 Å². The standard InChI is InChI=1S/C43H50N4O5/c1-28(2)22-37(47-43(51)38-25-33-20-11-12-21-35(33)45-38)42(50)46-36(24-32-18-9-6-10-19-32)39(48)26-34(23-31-16-7-5-8-17-31)44-40(49)27-52-41-29(3)14-13-15-30(41)4/h5-21,25,28,34,36-37,39,45,48H,22-24,26-27H2,1-4H3,(H,44,49)(H,46,50)(H,47,51)/t34-,36-,37-,39-/m0/s1. The van der Waals surface area contributed by atoms with Gasteiger partial charge in [0.2, 0.25) is 5.91 Å². The van der Waals surface area contributed by atoms with E-state index >= 15 is 0 Å². The Balaban J connectivity index is 1.33. The van der Waals surface area contributed by atoms with Crippen molar-refractivity contribution >= 4 is 28.6 Å². The summed E-state index contributed by atoms with van der Waals surface area (Å²) in [4.78, 5) is 43.9. The van der Waals surface area contributed by atoms with Crippen molar-refractivity contribution in [1.29, 1.82) is 0 Å². The molecular formula is C43H50N4O5. The number of ether oxygens (including phenoxy) is 1. The van der Waals surface area contributed by atoms with Crippen LogP contribution in [0.4, 0.5) is 0 Å². The number of nitrogens with one attached hydrogen (secondary N) is 4. The highest BCUT2D eigenvalue weighted by Crippen LogP contribution is 2.22. The molecule has 3 amide bonds. The number of fused-ring (bicyclic) bond motifs is 1. The first-order chi connectivity index (χ1) is 25.0. The lowest BCUT2D eigenvalue weighted by Crippen LogP contribution is -2.54. The molecule has 9 heteroatoms. The van der Waals surface area contributed by atoms with Crippen LogP contribution in [0.15, 0.2) is 109 Å². The Morgan fingerprint density at radius 1 is 0.731 bits per heavy atom. The first-order valence-corrected chi connectivity index (χ1v) is 18.0. The van der Waals surface area contributed by atoms with Gasteiger partial charge < -0.3 is 30.8 Å². The van der Waals surface area contributed by atoms with Crippen molar-refractivity contribution in [3.63, 3.8) is 0 Å². The smallest absolute Gasteiger partial charge is 0.268 e. The van der Waals surface area contributed by atoms with E-state index in [0.717, 1.165) is 33.2 Å². The Kier molecular flexibility index (Phi) is 13.2. The number of benzene rings is 4. The predicted octanol–water partition coefficient (Wildman–Crippen LogP) is 6.21. The zero-order valence-electron chi connectivity index (χ0n) is 30.4. The second kappa shape index (κ2) is 18.2. The second-order valence-electron chi connectivity index (χ2n) is 14.0. The fourth-order valence-electron chi connectivity index (χ4n) is 6.55. The number of aliphatic hydroxyl groups excluding tert-OH is 1. The molecule has 1 aromatic heterocycles. The third-order valence-electron chi connectivity index (χ3n) is 9.17. The summed E-state index contributed by atoms with van der Waals surface area (Å²) >= 11 is 0. The molecule has 4 aromatic carbocycles. The number of hydrogen-bond donors (Lipinski definition) is 5. The molecular weight excluding hydrogens is 652 g/mol. The minimum Gasteiger partial charge on any atom is -0.483 e. The molecule has 52 heavy (non-hydrogen) atoms. The molecule has 9 nitrogen and oxygen atoms in total. The fourth-order valence-corrected chi connectivity index (χ4v) is 6.55. The van der Waals surface area contributed by atoms with Gasteiger partial charge in [0, 0.05) is 16.9 Å². The topological polar surface area (TPSA) is 133 Å². The van der Waals surface area contributed by atoms with Gasteiger partial charge in [0.05, 0.1) is 12.1 Å². The van der Waals surface area contributed by atoms with Crippen LogP contribution in [0, 0.1) is 19.8 Å². The van der Waals surface area contributed by atoms with Crippen LogP contribution in [-0.2, 0) is 22.4 Å². The van der Waals surface area contributed by atoms with E-state index in [2.05, 4.69) is 20.9 Å². The first kappa shape index (κ1) is 37.8. The van der Waals surface area contributed by atoms with Gasteiger partial charge in [0.25, 0.3) is 11.8 Å². The van der Waals surface area contributed by atoms with E-state index in [-0.39, 0.29) is 36.7 Å². The molecule has 0 spiro atoms. The summed E-state index contributed by atoms with van der Waals surface area (Å²) in [5.41, 5.74) is 5.01. The number of hydrogen-bond acceptors (Lipinski definition) is 5. The summed E-state index contributed by atoms with van der Waals surface area (Å²) in [5.74, 6) is -0.297. The summed E-state index contributed by atoms with van der Waals surface area (Å²) in [6.45, 7) is 7.69. The van der Waals surface area contributed by atoms with Gasteiger partial charge in [-0.05, 0) is 79.8 Å². The molecule has 0 aliphatic rings. The van der Waals surface area contributed by atoms with E-state index in [9.17, 15) is 19.5 Å². The Morgan fingerprint density at radius 3 is 1.98 bits per heavy atom. The molecule has 0 aliphatic heterocycles. The third-order valence-corrected chi connectivity index (χ3v) is 9.17. The van der Waals surface area contributed by atoms with Crippen LogP contribution in [-0.4, -0.2) is 58.6 Å². The maximum absolute atomic E-state index is 14.0. The average Bonchev–Trinajstić information content (AvgIpc) is 3.56. The Morgan fingerprint density at radius 2 is 1.35 bits per heavy atom. The maximum Gasteiger partial charge on any atom is 0.268 e. The zero-order valence-corrected chi connectivity index (χ0v) is 30.4. The van der Waals surface area contributed by atoms with Crippen molar-refractivity contribution in [3.8, 4) is 5.75 Å². The second-order valence-corrected chi connectivity index (χ2v) is 14.0. The molecule has 0 aliphatic carbocycles. The Hall–Kier alpha value is -5.41. The van der Waals surface area contributed by atoms with Crippen molar-refractivity contribution in [2.75, 3.05) is 6.61 Å². The van der Waals surface area contributed by atoms with Crippen LogP contribution in [0.1, 0.15) is 59.4 Å². The van der Waals surface area contributed by atoms with Gasteiger partial charge in [0.1, 0.15) is 17.5 Å². The van der Waals surface area contributed by atoms with E-state index in [0.29, 0.717) is 30.7 Å². The number of carbonyl (C=O) groups excluding carboxylic acids is 3. The van der Waals surface area contributed by atoms with E-state index in [1.807, 2.05) is 131 Å². The Labute approximate surface area is 306 Å². The highest BCUT2D eigenvalue weighted by atomic mass is 16.5. The molecule has 0 unspecified atom stereocenters. The molecule has 272 valence electrons. The number of amides is 3. The van der Waals surface area contributed by atoms with Crippen LogP contribution in [0.3, 0.4) is 0 Å². The summed E-state index contributed by atoms with van der Waals surface area (Å²) in [7, 11) is 0. The average molecular weight is 703 g/mol. The fraction of sp³-hybridized carbons (Fsp3) is 0.326. The molecule has 5 rings (SSSR count). The highest BCUT2D eigenvalue weighted by molar-refractivity contribution is 6.00. The molecule has 0 saturated heterocycles. The van der Waals surface area contributed by atoms with Crippen molar-refractivity contribution in [1.82, 2.24) is 20.9 Å². The van der Waals surface area contributed by atoms with Crippen LogP contribution in [0.25, 0.3) is 10.9 Å². The summed E-state index contributed by atoms with van der Waals surface area (Å²) in [6, 6.07) is 32.6. The molecule has 0 radical (unpaired) electrons. The molecule has 1 heterocycles. The van der Waals surface area contributed by atoms with Gasteiger partial charge in [-0.25, -0.2) is 0 Å². The number of aromatic nitrogens is 1. The van der Waals surface area contributed by atoms with Crippen LogP contribution in [0.5, 0.6) is 5.75 Å². The third kappa shape index (κ3) is 10.8. The van der Waals surface area contributed by atoms with Crippen molar-refractivity contribution in [2.24, 2.45) is 5.92 Å². The predicted molar refractivity (Wildman–Crippen MR) is 205 cm³/mol. The number of aromatic amines is 1. The molecule has 5 aromatic rings. The summed E-state index contributed by atoms with van der Waals surface area (Å²) in [5, 5.41) is 21.9. The zero-order chi connectivity index (χ0) is 37.0. The van der Waals surface area contributed by atoms with Gasteiger partial charge in [0.15, 0.2) is 6.61 Å². The van der Waals surface area contributed by atoms with Crippen molar-refractivity contribution in [3.05, 3.63) is 137 Å². The number of aryl methyl sites for hydroxylation is 2. The molecule has 0 bridgehead atoms. The molecule has 4 atom stereocenters. The van der Waals surface area contributed by atoms with Gasteiger partial charge >= 0.3 is 0 Å². The summed E-state index contributed by atoms with van der Waals surface area (Å²) in [6.07, 6.45) is 0.341. The largest absolute Gasteiger partial charge is 0.483 e. The molecule has 5 N–H and O–H groups in total. The number of aliphatic hydroxyl groups is 1. The van der Waals surface area contributed by atoms with E-state index < -0.39 is 24.2 Å². The normalized spacial score (nSPS) is 13.6. The van der Waals surface area contributed by atoms with E-state index in [1.54, 1.807) is 6.07 Å². The number of carbonyl (C=O) groups is 3. The maximum atomic E-state index is 14.0. The molecule has 0 fully saturated rings. The van der Waals surface area contributed by atoms with Crippen molar-refractivity contribution < 1.29 is 24.2 Å². The Bertz CT molecular complexity index is 1870. The van der Waals surface area contributed by atoms with Crippen LogP contribution in [0.2, 0.25) is 0 Å². The molecule has 0 saturated carbocycles. The lowest BCUT2D eigenvalue weighted by Gasteiger charge is -2.30. The number of para-hydroxylation sites is 2. The monoisotopic (exact) mass is 702 g/mol. The van der Waals surface area contributed by atoms with Gasteiger partial charge in [-0.2, -0.15) is 0 Å². The number of H-pyrrole nitrogens is 1. The van der Waals surface area contributed by atoms with Gasteiger partial charge in [-0.3, -0.25) is 14.4 Å². The van der Waals surface area contributed by atoms with Gasteiger partial charge in [-0.15, -0.1) is 0 Å². The van der Waals surface area contributed by atoms with E-state index in [1.165, 1.54) is 0 Å². The lowest BCUT2D eigenvalue weighted by molar-refractivity contribution is -0.126. The minimum absolute atomic E-state index is 0.104. The minimum atomic E-state index is -1.04. The van der Waals surface area contributed by atoms with Crippen LogP contribution < -0.4 is 20.7 Å². The lowest BCUT2D eigenvalue weighted by atomic mass is 9.93. The quantitative estimate of drug-likeness (QED) is 0.0786. The van der Waals surface area contributed by atoms with Crippen molar-refractivity contribution in [2.45, 2.75) is 77.6 Å². The number of rotatable bonds is 17. The summed E-state index contributed by atoms with van der Waals surface area (Å²) < 4.78 is 5.93. The SMILES string of the molecule is Cc1cccc(C)c1OCC(=O)N[C@@H](Cc1ccccc1)C[C@H](O)[C@H](Cc1ccccc1)NC(=O)[C@H](CC(C)C)NC(=O)c1cc2ccccc2[nH]1.